The Balaban J connectivity index is 1.74. The zero-order chi connectivity index (χ0) is 15.3. The summed E-state index contributed by atoms with van der Waals surface area (Å²) in [6, 6.07) is 6.71. The molecule has 0 unspecified atom stereocenters. The van der Waals surface area contributed by atoms with Gasteiger partial charge in [-0.3, -0.25) is 4.79 Å². The van der Waals surface area contributed by atoms with Crippen molar-refractivity contribution in [1.82, 2.24) is 5.32 Å². The summed E-state index contributed by atoms with van der Waals surface area (Å²) in [5.41, 5.74) is 1.61. The van der Waals surface area contributed by atoms with Crippen molar-refractivity contribution in [3.05, 3.63) is 35.4 Å². The van der Waals surface area contributed by atoms with Crippen LogP contribution in [0.1, 0.15) is 54.9 Å². The second kappa shape index (κ2) is 6.74. The molecule has 1 fully saturated rings. The predicted octanol–water partition coefficient (Wildman–Crippen LogP) is 3.01. The summed E-state index contributed by atoms with van der Waals surface area (Å²) in [7, 11) is 0. The fourth-order valence-corrected chi connectivity index (χ4v) is 2.78. The molecule has 114 valence electrons. The maximum absolute atomic E-state index is 11.9. The summed E-state index contributed by atoms with van der Waals surface area (Å²) in [6.07, 6.45) is 5.95. The van der Waals surface area contributed by atoms with Gasteiger partial charge in [-0.15, -0.1) is 0 Å². The van der Waals surface area contributed by atoms with E-state index in [0.717, 1.165) is 18.5 Å². The lowest BCUT2D eigenvalue weighted by atomic mass is 9.67. The van der Waals surface area contributed by atoms with Gasteiger partial charge in [-0.05, 0) is 48.8 Å². The van der Waals surface area contributed by atoms with Gasteiger partial charge >= 0.3 is 5.97 Å². The number of amides is 1. The molecule has 0 saturated heterocycles. The van der Waals surface area contributed by atoms with Gasteiger partial charge in [0, 0.05) is 13.0 Å². The molecular formula is C17H23NO3. The van der Waals surface area contributed by atoms with Crippen molar-refractivity contribution in [2.24, 2.45) is 5.41 Å². The smallest absolute Gasteiger partial charge is 0.335 e. The first-order valence-corrected chi connectivity index (χ1v) is 7.64. The Kier molecular flexibility index (Phi) is 4.99. The second-order valence-electron chi connectivity index (χ2n) is 5.99. The molecule has 0 atom stereocenters. The van der Waals surface area contributed by atoms with Gasteiger partial charge in [-0.25, -0.2) is 4.79 Å². The van der Waals surface area contributed by atoms with Gasteiger partial charge in [0.05, 0.1) is 5.56 Å². The summed E-state index contributed by atoms with van der Waals surface area (Å²) in [4.78, 5) is 22.6. The minimum absolute atomic E-state index is 0.0806. The Labute approximate surface area is 125 Å². The highest BCUT2D eigenvalue weighted by atomic mass is 16.4. The molecule has 4 nitrogen and oxygen atoms in total. The van der Waals surface area contributed by atoms with E-state index < -0.39 is 5.97 Å². The first-order chi connectivity index (χ1) is 10.0. The third kappa shape index (κ3) is 4.06. The number of nitrogens with one attached hydrogen (secondary N) is 1. The third-order valence-electron chi connectivity index (χ3n) is 4.67. The average molecular weight is 289 g/mol. The van der Waals surface area contributed by atoms with Crippen molar-refractivity contribution < 1.29 is 14.7 Å². The largest absolute Gasteiger partial charge is 0.478 e. The quantitative estimate of drug-likeness (QED) is 0.811. The topological polar surface area (TPSA) is 66.4 Å². The van der Waals surface area contributed by atoms with E-state index in [-0.39, 0.29) is 11.5 Å². The molecular weight excluding hydrogens is 266 g/mol. The fourth-order valence-electron chi connectivity index (χ4n) is 2.78. The molecule has 0 aliphatic heterocycles. The van der Waals surface area contributed by atoms with E-state index in [0.29, 0.717) is 18.3 Å². The van der Waals surface area contributed by atoms with Crippen LogP contribution in [0, 0.1) is 5.41 Å². The zero-order valence-corrected chi connectivity index (χ0v) is 12.5. The molecule has 1 saturated carbocycles. The number of carbonyl (C=O) groups excluding carboxylic acids is 1. The van der Waals surface area contributed by atoms with Crippen LogP contribution in [0.3, 0.4) is 0 Å². The highest BCUT2D eigenvalue weighted by molar-refractivity contribution is 5.87. The van der Waals surface area contributed by atoms with Crippen LogP contribution in [0.15, 0.2) is 24.3 Å². The number of carboxylic acids is 1. The van der Waals surface area contributed by atoms with Crippen LogP contribution in [0.2, 0.25) is 0 Å². The van der Waals surface area contributed by atoms with Crippen LogP contribution < -0.4 is 5.32 Å². The SMILES string of the molecule is CCC1(CNC(=O)CCc2ccc(C(=O)O)cc2)CCC1. The minimum Gasteiger partial charge on any atom is -0.478 e. The molecule has 1 aromatic rings. The fraction of sp³-hybridized carbons (Fsp3) is 0.529. The van der Waals surface area contributed by atoms with E-state index in [1.807, 2.05) is 0 Å². The van der Waals surface area contributed by atoms with E-state index in [2.05, 4.69) is 12.2 Å². The number of hydrogen-bond acceptors (Lipinski definition) is 2. The highest BCUT2D eigenvalue weighted by Gasteiger charge is 2.34. The summed E-state index contributed by atoms with van der Waals surface area (Å²) < 4.78 is 0. The predicted molar refractivity (Wildman–Crippen MR) is 81.3 cm³/mol. The average Bonchev–Trinajstić information content (AvgIpc) is 2.45. The lowest BCUT2D eigenvalue weighted by molar-refractivity contribution is -0.122. The minimum atomic E-state index is -0.926. The maximum Gasteiger partial charge on any atom is 0.335 e. The van der Waals surface area contributed by atoms with Crippen molar-refractivity contribution in [1.29, 1.82) is 0 Å². The van der Waals surface area contributed by atoms with Gasteiger partial charge < -0.3 is 10.4 Å². The zero-order valence-electron chi connectivity index (χ0n) is 12.5. The lowest BCUT2D eigenvalue weighted by Gasteiger charge is -2.41. The van der Waals surface area contributed by atoms with Gasteiger partial charge in [-0.1, -0.05) is 25.5 Å². The number of rotatable bonds is 7. The van der Waals surface area contributed by atoms with E-state index in [1.54, 1.807) is 24.3 Å². The molecule has 0 heterocycles. The molecule has 1 aliphatic rings. The van der Waals surface area contributed by atoms with Gasteiger partial charge in [-0.2, -0.15) is 0 Å². The Bertz CT molecular complexity index is 498. The van der Waals surface area contributed by atoms with Gasteiger partial charge in [0.25, 0.3) is 0 Å². The molecule has 21 heavy (non-hydrogen) atoms. The molecule has 0 spiro atoms. The van der Waals surface area contributed by atoms with Crippen LogP contribution in [0.25, 0.3) is 0 Å². The number of carbonyl (C=O) groups is 2. The second-order valence-corrected chi connectivity index (χ2v) is 5.99. The maximum atomic E-state index is 11.9. The van der Waals surface area contributed by atoms with Crippen LogP contribution in [0.5, 0.6) is 0 Å². The van der Waals surface area contributed by atoms with Crippen LogP contribution >= 0.6 is 0 Å². The highest BCUT2D eigenvalue weighted by Crippen LogP contribution is 2.42. The molecule has 1 amide bonds. The molecule has 0 radical (unpaired) electrons. The van der Waals surface area contributed by atoms with Gasteiger partial charge in [0.15, 0.2) is 0 Å². The number of aryl methyl sites for hydroxylation is 1. The Morgan fingerprint density at radius 3 is 2.38 bits per heavy atom. The monoisotopic (exact) mass is 289 g/mol. The Morgan fingerprint density at radius 2 is 1.90 bits per heavy atom. The van der Waals surface area contributed by atoms with E-state index in [1.165, 1.54) is 19.3 Å². The number of benzene rings is 1. The third-order valence-corrected chi connectivity index (χ3v) is 4.67. The van der Waals surface area contributed by atoms with Crippen molar-refractivity contribution in [2.75, 3.05) is 6.54 Å². The normalized spacial score (nSPS) is 16.0. The van der Waals surface area contributed by atoms with E-state index >= 15 is 0 Å². The number of aromatic carboxylic acids is 1. The van der Waals surface area contributed by atoms with Crippen molar-refractivity contribution >= 4 is 11.9 Å². The van der Waals surface area contributed by atoms with Crippen LogP contribution in [-0.2, 0) is 11.2 Å². The van der Waals surface area contributed by atoms with Crippen molar-refractivity contribution in [3.8, 4) is 0 Å². The number of hydrogen-bond donors (Lipinski definition) is 2. The van der Waals surface area contributed by atoms with Crippen LogP contribution in [-0.4, -0.2) is 23.5 Å². The molecule has 1 aliphatic carbocycles. The van der Waals surface area contributed by atoms with Crippen molar-refractivity contribution in [2.45, 2.75) is 45.4 Å². The number of carboxylic acid groups (broad SMARTS) is 1. The van der Waals surface area contributed by atoms with Crippen molar-refractivity contribution in [3.63, 3.8) is 0 Å². The molecule has 2 N–H and O–H groups in total. The lowest BCUT2D eigenvalue weighted by Crippen LogP contribution is -2.41. The summed E-state index contributed by atoms with van der Waals surface area (Å²) in [5, 5.41) is 11.9. The molecule has 1 aromatic carbocycles. The Morgan fingerprint density at radius 1 is 1.24 bits per heavy atom. The summed E-state index contributed by atoms with van der Waals surface area (Å²) in [5.74, 6) is -0.846. The van der Waals surface area contributed by atoms with E-state index in [9.17, 15) is 9.59 Å². The molecule has 4 heteroatoms. The Hall–Kier alpha value is -1.84. The van der Waals surface area contributed by atoms with Gasteiger partial charge in [0.1, 0.15) is 0 Å². The van der Waals surface area contributed by atoms with Gasteiger partial charge in [0.2, 0.25) is 5.91 Å². The molecule has 0 bridgehead atoms. The first kappa shape index (κ1) is 15.5. The van der Waals surface area contributed by atoms with Crippen LogP contribution in [0.4, 0.5) is 0 Å². The summed E-state index contributed by atoms with van der Waals surface area (Å²) >= 11 is 0. The summed E-state index contributed by atoms with van der Waals surface area (Å²) in [6.45, 7) is 2.98. The standard InChI is InChI=1S/C17H23NO3/c1-2-17(10-3-11-17)12-18-15(19)9-6-13-4-7-14(8-5-13)16(20)21/h4-5,7-8H,2-3,6,9-12H2,1H3,(H,18,19)(H,20,21). The van der Waals surface area contributed by atoms with E-state index in [4.69, 9.17) is 5.11 Å². The molecule has 2 rings (SSSR count). The molecule has 0 aromatic heterocycles. The first-order valence-electron chi connectivity index (χ1n) is 7.64.